The van der Waals surface area contributed by atoms with Crippen molar-refractivity contribution in [1.29, 1.82) is 0 Å². The number of nitrogens with one attached hydrogen (secondary N) is 1. The van der Waals surface area contributed by atoms with E-state index in [1.54, 1.807) is 30.1 Å². The van der Waals surface area contributed by atoms with Crippen molar-refractivity contribution in [2.24, 2.45) is 7.05 Å². The van der Waals surface area contributed by atoms with Crippen LogP contribution in [0.1, 0.15) is 27.9 Å². The lowest BCUT2D eigenvalue weighted by molar-refractivity contribution is 0.0930. The maximum absolute atomic E-state index is 12.3. The highest BCUT2D eigenvalue weighted by molar-refractivity contribution is 6.58. The number of fused-ring (bicyclic) bond motifs is 1. The molecule has 0 saturated carbocycles. The van der Waals surface area contributed by atoms with E-state index < -0.39 is 5.11 Å². The van der Waals surface area contributed by atoms with Crippen molar-refractivity contribution >= 4 is 29.4 Å². The molecule has 0 unspecified atom stereocenters. The number of hydrogen-bond donors (Lipinski definition) is 1. The number of aromatic nitrogens is 4. The molecule has 128 valence electrons. The van der Waals surface area contributed by atoms with E-state index in [2.05, 4.69) is 20.6 Å². The first-order chi connectivity index (χ1) is 12.8. The van der Waals surface area contributed by atoms with Gasteiger partial charge in [-0.05, 0) is 6.07 Å². The minimum atomic E-state index is -1.71. The molecule has 8 nitrogen and oxygen atoms in total. The Morgan fingerprint density at radius 1 is 1.37 bits per heavy atom. The molecule has 0 aliphatic carbocycles. The zero-order valence-electron chi connectivity index (χ0n) is 14.4. The maximum Gasteiger partial charge on any atom is 0.255 e. The molecule has 1 aromatic carbocycles. The average Bonchev–Trinajstić information content (AvgIpc) is 3.33. The summed E-state index contributed by atoms with van der Waals surface area (Å²) in [5.41, 5.74) is 1.98. The van der Waals surface area contributed by atoms with Gasteiger partial charge in [0.05, 0.1) is 41.3 Å². The normalized spacial score (nSPS) is 16.0. The lowest BCUT2D eigenvalue weighted by Gasteiger charge is -2.11. The van der Waals surface area contributed by atoms with Crippen molar-refractivity contribution in [3.8, 4) is 17.1 Å². The topological polar surface area (TPSA) is 95.1 Å². The Morgan fingerprint density at radius 2 is 2.19 bits per heavy atom. The molecular weight excluding hydrogens is 343 g/mol. The molecule has 1 atom stereocenters. The number of benzene rings is 1. The van der Waals surface area contributed by atoms with E-state index in [-0.39, 0.29) is 23.7 Å². The Labute approximate surface area is 158 Å². The summed E-state index contributed by atoms with van der Waals surface area (Å²) in [5, 5.41) is 9.05. The number of aryl methyl sites for hydroxylation is 1. The van der Waals surface area contributed by atoms with Crippen molar-refractivity contribution in [2.45, 2.75) is 11.2 Å². The second kappa shape index (κ2) is 6.33. The largest absolute Gasteiger partial charge is 0.491 e. The molecule has 2 aromatic heterocycles. The summed E-state index contributed by atoms with van der Waals surface area (Å²) in [6.45, 7) is 0.319. The third kappa shape index (κ3) is 3.37. The fourth-order valence-electron chi connectivity index (χ4n) is 2.77. The number of carbonyl (C=O) groups is 1. The van der Waals surface area contributed by atoms with Gasteiger partial charge < -0.3 is 14.6 Å². The number of amides is 1. The molecule has 0 bridgehead atoms. The number of rotatable bonds is 4. The third-order valence-corrected chi connectivity index (χ3v) is 4.12. The molecule has 1 amide bonds. The average molecular weight is 355 g/mol. The number of carbonyl (C=O) groups excluding carboxylic acids is 1. The number of nitrogens with zero attached hydrogens (tertiary/aromatic N) is 4. The van der Waals surface area contributed by atoms with Gasteiger partial charge in [0.15, 0.2) is 0 Å². The van der Waals surface area contributed by atoms with Crippen LogP contribution in [0.2, 0.25) is 0 Å². The Balaban J connectivity index is 1.54. The van der Waals surface area contributed by atoms with Crippen LogP contribution >= 0.6 is 0 Å². The third-order valence-electron chi connectivity index (χ3n) is 4.12. The predicted molar refractivity (Wildman–Crippen MR) is 97.6 cm³/mol. The van der Waals surface area contributed by atoms with Gasteiger partial charge in [-0.25, -0.2) is 0 Å². The molecule has 0 spiro atoms. The van der Waals surface area contributed by atoms with Crippen LogP contribution in [0.5, 0.6) is 5.75 Å². The predicted octanol–water partition coefficient (Wildman–Crippen LogP) is -0.0506. The van der Waals surface area contributed by atoms with Gasteiger partial charge in [-0.1, -0.05) is 22.4 Å². The summed E-state index contributed by atoms with van der Waals surface area (Å²) >= 11 is 0. The molecule has 0 saturated heterocycles. The first-order valence-electron chi connectivity index (χ1n) is 8.09. The molecule has 27 heavy (non-hydrogen) atoms. The van der Waals surface area contributed by atoms with Gasteiger partial charge in [-0.2, -0.15) is 10.1 Å². The first kappa shape index (κ1) is 17.4. The number of hydrogen-bond acceptors (Lipinski definition) is 6. The standard InChI is InChI=1S/C16H12B3N5O3/c1-24-6-9(5-20-24)14(25)21-11-7-26-12-4-8(2-3-10(11)12)13-22-15(27-23-13)16(17,18)19/h2-6,11H,7H2,1H3,(H,21,25)/t11-/m1/s1. The molecular formula is C16H12B3N5O3. The van der Waals surface area contributed by atoms with Crippen LogP contribution in [0.4, 0.5) is 0 Å². The van der Waals surface area contributed by atoms with Crippen LogP contribution in [-0.4, -0.2) is 56.0 Å². The van der Waals surface area contributed by atoms with Crippen molar-refractivity contribution in [3.05, 3.63) is 47.6 Å². The van der Waals surface area contributed by atoms with Crippen LogP contribution < -0.4 is 10.1 Å². The Bertz CT molecular complexity index is 1010. The van der Waals surface area contributed by atoms with Gasteiger partial charge in [0.25, 0.3) is 5.91 Å². The smallest absolute Gasteiger partial charge is 0.255 e. The Hall–Kier alpha value is -2.97. The van der Waals surface area contributed by atoms with Crippen LogP contribution in [0.25, 0.3) is 11.4 Å². The van der Waals surface area contributed by atoms with E-state index in [9.17, 15) is 4.79 Å². The zero-order chi connectivity index (χ0) is 19.2. The zero-order valence-corrected chi connectivity index (χ0v) is 14.4. The maximum atomic E-state index is 12.3. The molecule has 0 fully saturated rings. The van der Waals surface area contributed by atoms with E-state index >= 15 is 0 Å². The van der Waals surface area contributed by atoms with Crippen molar-refractivity contribution in [3.63, 3.8) is 0 Å². The van der Waals surface area contributed by atoms with E-state index in [1.807, 2.05) is 6.07 Å². The molecule has 6 radical (unpaired) electrons. The highest BCUT2D eigenvalue weighted by Gasteiger charge is 2.28. The summed E-state index contributed by atoms with van der Waals surface area (Å²) in [6.07, 6.45) is 3.16. The lowest BCUT2D eigenvalue weighted by Crippen LogP contribution is -2.29. The van der Waals surface area contributed by atoms with E-state index in [0.29, 0.717) is 23.5 Å². The van der Waals surface area contributed by atoms with Crippen molar-refractivity contribution in [2.75, 3.05) is 6.61 Å². The highest BCUT2D eigenvalue weighted by atomic mass is 16.5. The molecule has 4 rings (SSSR count). The second-order valence-electron chi connectivity index (χ2n) is 6.35. The van der Waals surface area contributed by atoms with Crippen LogP contribution in [0, 0.1) is 0 Å². The van der Waals surface area contributed by atoms with E-state index in [4.69, 9.17) is 32.8 Å². The summed E-state index contributed by atoms with van der Waals surface area (Å²) in [5.74, 6) is 0.599. The first-order valence-corrected chi connectivity index (χ1v) is 8.09. The quantitative estimate of drug-likeness (QED) is 0.660. The molecule has 3 aromatic rings. The van der Waals surface area contributed by atoms with Crippen LogP contribution in [0.15, 0.2) is 35.1 Å². The van der Waals surface area contributed by atoms with Gasteiger partial charge >= 0.3 is 0 Å². The summed E-state index contributed by atoms with van der Waals surface area (Å²) in [4.78, 5) is 16.4. The SMILES string of the molecule is [B]C([B])([B])c1nc(-c2ccc3c(c2)OC[C@H]3NC(=O)c2cnn(C)c2)no1. The minimum Gasteiger partial charge on any atom is -0.491 e. The van der Waals surface area contributed by atoms with Gasteiger partial charge in [0.2, 0.25) is 11.7 Å². The summed E-state index contributed by atoms with van der Waals surface area (Å²) in [7, 11) is 18.4. The fourth-order valence-corrected chi connectivity index (χ4v) is 2.77. The van der Waals surface area contributed by atoms with Gasteiger partial charge in [0, 0.05) is 24.4 Å². The van der Waals surface area contributed by atoms with E-state index in [1.165, 1.54) is 6.20 Å². The van der Waals surface area contributed by atoms with Crippen LogP contribution in [-0.2, 0) is 12.2 Å². The van der Waals surface area contributed by atoms with Crippen LogP contribution in [0.3, 0.4) is 0 Å². The van der Waals surface area contributed by atoms with Gasteiger partial charge in [-0.15, -0.1) is 0 Å². The molecule has 1 aliphatic heterocycles. The Kier molecular flexibility index (Phi) is 4.09. The highest BCUT2D eigenvalue weighted by Crippen LogP contribution is 2.35. The molecule has 1 aliphatic rings. The van der Waals surface area contributed by atoms with Gasteiger partial charge in [0.1, 0.15) is 12.4 Å². The second-order valence-corrected chi connectivity index (χ2v) is 6.35. The van der Waals surface area contributed by atoms with Crippen molar-refractivity contribution < 1.29 is 14.1 Å². The van der Waals surface area contributed by atoms with Crippen molar-refractivity contribution in [1.82, 2.24) is 25.2 Å². The monoisotopic (exact) mass is 355 g/mol. The summed E-state index contributed by atoms with van der Waals surface area (Å²) < 4.78 is 12.2. The van der Waals surface area contributed by atoms with E-state index in [0.717, 1.165) is 5.56 Å². The lowest BCUT2D eigenvalue weighted by atomic mass is 9.42. The molecule has 11 heteroatoms. The summed E-state index contributed by atoms with van der Waals surface area (Å²) in [6, 6.07) is 5.11. The minimum absolute atomic E-state index is 0.0828. The molecule has 1 N–H and O–H groups in total. The molecule has 3 heterocycles. The Morgan fingerprint density at radius 3 is 2.85 bits per heavy atom. The van der Waals surface area contributed by atoms with Gasteiger partial charge in [-0.3, -0.25) is 9.48 Å². The fraction of sp³-hybridized carbons (Fsp3) is 0.250. The number of ether oxygens (including phenoxy) is 1.